The molecule has 0 atom stereocenters. The molecule has 0 aliphatic heterocycles. The van der Waals surface area contributed by atoms with Gasteiger partial charge in [-0.15, -0.1) is 11.3 Å². The van der Waals surface area contributed by atoms with Gasteiger partial charge in [-0.2, -0.15) is 0 Å². The smallest absolute Gasteiger partial charge is 0.251 e. The Labute approximate surface area is 171 Å². The van der Waals surface area contributed by atoms with E-state index in [-0.39, 0.29) is 25.4 Å². The molecule has 1 heterocycles. The van der Waals surface area contributed by atoms with Crippen LogP contribution in [0, 0.1) is 5.82 Å². The third-order valence-corrected chi connectivity index (χ3v) is 6.03. The van der Waals surface area contributed by atoms with Crippen molar-refractivity contribution < 1.29 is 18.8 Å². The number of anilines is 2. The van der Waals surface area contributed by atoms with E-state index in [9.17, 15) is 18.8 Å². The highest BCUT2D eigenvalue weighted by Gasteiger charge is 2.25. The molecule has 1 aliphatic carbocycles. The van der Waals surface area contributed by atoms with Gasteiger partial charge in [0.25, 0.3) is 5.91 Å². The molecule has 1 aliphatic rings. The molecule has 1 aromatic carbocycles. The van der Waals surface area contributed by atoms with Gasteiger partial charge < -0.3 is 21.7 Å². The zero-order chi connectivity index (χ0) is 21.0. The Morgan fingerprint density at radius 3 is 2.45 bits per heavy atom. The lowest BCUT2D eigenvalue weighted by Crippen LogP contribution is -2.35. The SMILES string of the molecule is NC(=O)CCN(CC(=O)Nc1sc2c(c1C(N)=O)CCCC2)c1ccc(F)cc1. The van der Waals surface area contributed by atoms with Crippen LogP contribution in [0.25, 0.3) is 0 Å². The van der Waals surface area contributed by atoms with Crippen LogP contribution in [0.15, 0.2) is 24.3 Å². The summed E-state index contributed by atoms with van der Waals surface area (Å²) in [5.41, 5.74) is 12.7. The number of benzene rings is 1. The number of nitrogens with one attached hydrogen (secondary N) is 1. The molecule has 1 aromatic heterocycles. The van der Waals surface area contributed by atoms with Gasteiger partial charge in [-0.1, -0.05) is 0 Å². The highest BCUT2D eigenvalue weighted by Crippen LogP contribution is 2.37. The summed E-state index contributed by atoms with van der Waals surface area (Å²) >= 11 is 1.39. The number of nitrogens with zero attached hydrogens (tertiary/aromatic N) is 1. The van der Waals surface area contributed by atoms with Gasteiger partial charge in [0.2, 0.25) is 11.8 Å². The average molecular weight is 418 g/mol. The van der Waals surface area contributed by atoms with Crippen LogP contribution in [0.5, 0.6) is 0 Å². The van der Waals surface area contributed by atoms with Gasteiger partial charge in [0, 0.05) is 23.5 Å². The summed E-state index contributed by atoms with van der Waals surface area (Å²) in [6, 6.07) is 5.62. The molecule has 154 valence electrons. The minimum absolute atomic E-state index is 0.0461. The number of rotatable bonds is 8. The van der Waals surface area contributed by atoms with Gasteiger partial charge in [0.1, 0.15) is 10.8 Å². The number of thiophene rings is 1. The second kappa shape index (κ2) is 9.04. The van der Waals surface area contributed by atoms with Crippen molar-refractivity contribution in [2.45, 2.75) is 32.1 Å². The van der Waals surface area contributed by atoms with E-state index in [1.54, 1.807) is 4.90 Å². The van der Waals surface area contributed by atoms with Crippen molar-refractivity contribution in [1.29, 1.82) is 0 Å². The fourth-order valence-corrected chi connectivity index (χ4v) is 4.76. The lowest BCUT2D eigenvalue weighted by molar-refractivity contribution is -0.118. The van der Waals surface area contributed by atoms with E-state index in [2.05, 4.69) is 5.32 Å². The predicted molar refractivity (Wildman–Crippen MR) is 111 cm³/mol. The molecule has 0 bridgehead atoms. The first kappa shape index (κ1) is 20.8. The zero-order valence-electron chi connectivity index (χ0n) is 15.9. The molecular formula is C20H23FN4O3S. The van der Waals surface area contributed by atoms with Gasteiger partial charge >= 0.3 is 0 Å². The van der Waals surface area contributed by atoms with Crippen LogP contribution in [0.1, 0.15) is 40.1 Å². The van der Waals surface area contributed by atoms with Gasteiger partial charge in [-0.05, 0) is 55.5 Å². The molecule has 5 N–H and O–H groups in total. The fourth-order valence-electron chi connectivity index (χ4n) is 3.45. The van der Waals surface area contributed by atoms with E-state index >= 15 is 0 Å². The first-order valence-electron chi connectivity index (χ1n) is 9.38. The third kappa shape index (κ3) is 5.11. The minimum atomic E-state index is -0.552. The molecule has 9 heteroatoms. The van der Waals surface area contributed by atoms with Crippen molar-refractivity contribution >= 4 is 39.7 Å². The summed E-state index contributed by atoms with van der Waals surface area (Å²) in [4.78, 5) is 38.6. The van der Waals surface area contributed by atoms with Crippen molar-refractivity contribution in [3.8, 4) is 0 Å². The molecule has 3 rings (SSSR count). The minimum Gasteiger partial charge on any atom is -0.370 e. The Bertz CT molecular complexity index is 927. The number of carbonyl (C=O) groups is 3. The van der Waals surface area contributed by atoms with Crippen LogP contribution in [0.3, 0.4) is 0 Å². The van der Waals surface area contributed by atoms with Crippen LogP contribution >= 0.6 is 11.3 Å². The molecule has 0 radical (unpaired) electrons. The lowest BCUT2D eigenvalue weighted by atomic mass is 9.95. The number of nitrogens with two attached hydrogens (primary N) is 2. The second-order valence-electron chi connectivity index (χ2n) is 6.94. The monoisotopic (exact) mass is 418 g/mol. The quantitative estimate of drug-likeness (QED) is 0.609. The number of amides is 3. The molecule has 7 nitrogen and oxygen atoms in total. The highest BCUT2D eigenvalue weighted by atomic mass is 32.1. The lowest BCUT2D eigenvalue weighted by Gasteiger charge is -2.23. The van der Waals surface area contributed by atoms with Crippen LogP contribution < -0.4 is 21.7 Å². The number of fused-ring (bicyclic) bond motifs is 1. The molecule has 3 amide bonds. The Balaban J connectivity index is 1.78. The Morgan fingerprint density at radius 2 is 1.79 bits per heavy atom. The molecular weight excluding hydrogens is 395 g/mol. The number of hydrogen-bond acceptors (Lipinski definition) is 5. The second-order valence-corrected chi connectivity index (χ2v) is 8.05. The van der Waals surface area contributed by atoms with E-state index in [0.717, 1.165) is 36.1 Å². The first-order chi connectivity index (χ1) is 13.8. The van der Waals surface area contributed by atoms with E-state index in [0.29, 0.717) is 16.3 Å². The normalized spacial score (nSPS) is 12.9. The van der Waals surface area contributed by atoms with E-state index in [4.69, 9.17) is 11.5 Å². The summed E-state index contributed by atoms with van der Waals surface area (Å²) in [7, 11) is 0. The number of aryl methyl sites for hydroxylation is 1. The average Bonchev–Trinajstić information content (AvgIpc) is 3.03. The van der Waals surface area contributed by atoms with E-state index < -0.39 is 17.6 Å². The number of halogens is 1. The van der Waals surface area contributed by atoms with E-state index in [1.165, 1.54) is 35.6 Å². The molecule has 29 heavy (non-hydrogen) atoms. The van der Waals surface area contributed by atoms with Crippen LogP contribution in [-0.2, 0) is 22.4 Å². The van der Waals surface area contributed by atoms with Crippen molar-refractivity contribution in [2.24, 2.45) is 11.5 Å². The summed E-state index contributed by atoms with van der Waals surface area (Å²) in [6.45, 7) is 0.123. The summed E-state index contributed by atoms with van der Waals surface area (Å²) in [6.07, 6.45) is 3.73. The van der Waals surface area contributed by atoms with Crippen LogP contribution in [0.2, 0.25) is 0 Å². The standard InChI is InChI=1S/C20H23FN4O3S/c21-12-5-7-13(8-6-12)25(10-9-16(22)26)11-17(27)24-20-18(19(23)28)14-3-1-2-4-15(14)29-20/h5-8H,1-4,9-11H2,(H2,22,26)(H2,23,28)(H,24,27). The van der Waals surface area contributed by atoms with Gasteiger partial charge in [-0.3, -0.25) is 14.4 Å². The Kier molecular flexibility index (Phi) is 6.48. The van der Waals surface area contributed by atoms with Gasteiger partial charge in [0.05, 0.1) is 12.1 Å². The number of primary amides is 2. The third-order valence-electron chi connectivity index (χ3n) is 4.83. The van der Waals surface area contributed by atoms with Crippen molar-refractivity contribution in [2.75, 3.05) is 23.3 Å². The summed E-state index contributed by atoms with van der Waals surface area (Å²) in [5, 5.41) is 3.26. The molecule has 0 fully saturated rings. The maximum absolute atomic E-state index is 13.2. The number of hydrogen-bond donors (Lipinski definition) is 3. The number of carbonyl (C=O) groups excluding carboxylic acids is 3. The molecule has 0 unspecified atom stereocenters. The van der Waals surface area contributed by atoms with Crippen molar-refractivity contribution in [3.05, 3.63) is 46.1 Å². The molecule has 2 aromatic rings. The topological polar surface area (TPSA) is 119 Å². The highest BCUT2D eigenvalue weighted by molar-refractivity contribution is 7.17. The van der Waals surface area contributed by atoms with E-state index in [1.807, 2.05) is 0 Å². The molecule has 0 saturated heterocycles. The Morgan fingerprint density at radius 1 is 1.10 bits per heavy atom. The molecule has 0 saturated carbocycles. The maximum atomic E-state index is 13.2. The largest absolute Gasteiger partial charge is 0.370 e. The fraction of sp³-hybridized carbons (Fsp3) is 0.350. The maximum Gasteiger partial charge on any atom is 0.251 e. The van der Waals surface area contributed by atoms with Gasteiger partial charge in [-0.25, -0.2) is 4.39 Å². The van der Waals surface area contributed by atoms with Gasteiger partial charge in [0.15, 0.2) is 0 Å². The zero-order valence-corrected chi connectivity index (χ0v) is 16.7. The summed E-state index contributed by atoms with van der Waals surface area (Å²) in [5.74, 6) is -1.81. The van der Waals surface area contributed by atoms with Crippen molar-refractivity contribution in [3.63, 3.8) is 0 Å². The van der Waals surface area contributed by atoms with Crippen molar-refractivity contribution in [1.82, 2.24) is 0 Å². The predicted octanol–water partition coefficient (Wildman–Crippen LogP) is 2.19. The van der Waals surface area contributed by atoms with Crippen LogP contribution in [0.4, 0.5) is 15.1 Å². The summed E-state index contributed by atoms with van der Waals surface area (Å²) < 4.78 is 13.2. The molecule has 0 spiro atoms. The van der Waals surface area contributed by atoms with Crippen LogP contribution in [-0.4, -0.2) is 30.8 Å². The Hall–Kier alpha value is -2.94. The first-order valence-corrected chi connectivity index (χ1v) is 10.2.